The molecular formula is C21H21Cl2NO3. The van der Waals surface area contributed by atoms with Crippen LogP contribution >= 0.6 is 23.2 Å². The van der Waals surface area contributed by atoms with E-state index in [0.717, 1.165) is 34.9 Å². The van der Waals surface area contributed by atoms with Gasteiger partial charge in [0.1, 0.15) is 11.5 Å². The van der Waals surface area contributed by atoms with Crippen molar-refractivity contribution in [3.8, 4) is 22.8 Å². The molecule has 2 aromatic carbocycles. The summed E-state index contributed by atoms with van der Waals surface area (Å²) in [6.45, 7) is 4.50. The van der Waals surface area contributed by atoms with E-state index in [1.165, 1.54) is 0 Å². The highest BCUT2D eigenvalue weighted by Gasteiger charge is 2.14. The van der Waals surface area contributed by atoms with Crippen LogP contribution in [0.2, 0.25) is 10.4 Å². The first kappa shape index (κ1) is 19.6. The Labute approximate surface area is 169 Å². The van der Waals surface area contributed by atoms with Gasteiger partial charge in [-0.05, 0) is 56.1 Å². The normalized spacial score (nSPS) is 11.0. The first-order valence-corrected chi connectivity index (χ1v) is 9.58. The van der Waals surface area contributed by atoms with E-state index in [1.54, 1.807) is 0 Å². The Hall–Kier alpha value is -2.17. The van der Waals surface area contributed by atoms with Crippen LogP contribution in [0.3, 0.4) is 0 Å². The summed E-state index contributed by atoms with van der Waals surface area (Å²) in [5.74, 6) is 2.22. The smallest absolute Gasteiger partial charge is 0.292 e. The molecule has 3 rings (SSSR count). The van der Waals surface area contributed by atoms with Gasteiger partial charge in [0.05, 0.1) is 12.7 Å². The number of ether oxygens (including phenoxy) is 2. The highest BCUT2D eigenvalue weighted by atomic mass is 35.5. The molecule has 0 atom stereocenters. The zero-order valence-corrected chi connectivity index (χ0v) is 16.8. The van der Waals surface area contributed by atoms with Crippen molar-refractivity contribution < 1.29 is 13.9 Å². The summed E-state index contributed by atoms with van der Waals surface area (Å²) in [6.07, 6.45) is 1.50. The van der Waals surface area contributed by atoms with Crippen LogP contribution in [0.5, 0.6) is 11.5 Å². The lowest BCUT2D eigenvalue weighted by molar-refractivity contribution is 0.219. The van der Waals surface area contributed by atoms with Gasteiger partial charge in [0, 0.05) is 17.0 Å². The molecule has 3 aromatic rings. The minimum atomic E-state index is 0.0908. The Bertz CT molecular complexity index is 875. The molecular weight excluding hydrogens is 385 g/mol. The molecule has 6 heteroatoms. The third kappa shape index (κ3) is 5.41. The maximum atomic E-state index is 5.97. The van der Waals surface area contributed by atoms with E-state index in [0.29, 0.717) is 18.1 Å². The van der Waals surface area contributed by atoms with Gasteiger partial charge >= 0.3 is 0 Å². The minimum absolute atomic E-state index is 0.0908. The molecule has 0 spiro atoms. The van der Waals surface area contributed by atoms with E-state index < -0.39 is 0 Å². The molecule has 142 valence electrons. The quantitative estimate of drug-likeness (QED) is 0.404. The number of para-hydroxylation sites is 2. The lowest BCUT2D eigenvalue weighted by atomic mass is 10.1. The second-order valence-corrected chi connectivity index (χ2v) is 7.07. The standard InChI is InChI=1S/C21H21Cl2NO3/c1-14(2)26-18-7-4-3-6-17(18)25-13-5-8-19-20(24-21(23)27-19)15-9-11-16(22)12-10-15/h3-4,6-7,9-12,14H,5,8,13H2,1-2H3. The number of hydrogen-bond donors (Lipinski definition) is 0. The van der Waals surface area contributed by atoms with Gasteiger partial charge < -0.3 is 13.9 Å². The number of oxazole rings is 1. The molecule has 0 saturated heterocycles. The predicted molar refractivity (Wildman–Crippen MR) is 108 cm³/mol. The predicted octanol–water partition coefficient (Wildman–Crippen LogP) is 6.45. The fraction of sp³-hybridized carbons (Fsp3) is 0.286. The van der Waals surface area contributed by atoms with Crippen LogP contribution in [0.4, 0.5) is 0 Å². The molecule has 1 heterocycles. The topological polar surface area (TPSA) is 44.5 Å². The molecule has 0 saturated carbocycles. The van der Waals surface area contributed by atoms with Gasteiger partial charge in [-0.15, -0.1) is 0 Å². The van der Waals surface area contributed by atoms with Crippen molar-refractivity contribution in [1.29, 1.82) is 0 Å². The number of aryl methyl sites for hydroxylation is 1. The van der Waals surface area contributed by atoms with E-state index in [2.05, 4.69) is 4.98 Å². The van der Waals surface area contributed by atoms with Crippen LogP contribution in [0.15, 0.2) is 52.9 Å². The Balaban J connectivity index is 1.61. The summed E-state index contributed by atoms with van der Waals surface area (Å²) in [4.78, 5) is 4.29. The average Bonchev–Trinajstić information content (AvgIpc) is 3.01. The second kappa shape index (κ2) is 9.16. The SMILES string of the molecule is CC(C)Oc1ccccc1OCCCc1oc(Cl)nc1-c1ccc(Cl)cc1. The summed E-state index contributed by atoms with van der Waals surface area (Å²) in [5.41, 5.74) is 1.65. The van der Waals surface area contributed by atoms with E-state index in [4.69, 9.17) is 37.1 Å². The Morgan fingerprint density at radius 1 is 1.00 bits per heavy atom. The Morgan fingerprint density at radius 2 is 1.70 bits per heavy atom. The van der Waals surface area contributed by atoms with Crippen molar-refractivity contribution in [3.05, 3.63) is 64.7 Å². The van der Waals surface area contributed by atoms with Gasteiger partial charge in [-0.2, -0.15) is 4.98 Å². The third-order valence-electron chi connectivity index (χ3n) is 3.81. The van der Waals surface area contributed by atoms with Crippen LogP contribution in [0, 0.1) is 0 Å². The maximum absolute atomic E-state index is 5.97. The zero-order chi connectivity index (χ0) is 19.2. The summed E-state index contributed by atoms with van der Waals surface area (Å²) < 4.78 is 17.2. The highest BCUT2D eigenvalue weighted by Crippen LogP contribution is 2.29. The van der Waals surface area contributed by atoms with Crippen molar-refractivity contribution in [1.82, 2.24) is 4.98 Å². The largest absolute Gasteiger partial charge is 0.490 e. The van der Waals surface area contributed by atoms with Crippen molar-refractivity contribution >= 4 is 23.2 Å². The first-order chi connectivity index (χ1) is 13.0. The van der Waals surface area contributed by atoms with Crippen molar-refractivity contribution in [3.63, 3.8) is 0 Å². The third-order valence-corrected chi connectivity index (χ3v) is 4.22. The summed E-state index contributed by atoms with van der Waals surface area (Å²) >= 11 is 11.9. The van der Waals surface area contributed by atoms with E-state index >= 15 is 0 Å². The van der Waals surface area contributed by atoms with E-state index in [1.807, 2.05) is 62.4 Å². The van der Waals surface area contributed by atoms with Crippen LogP contribution in [0.25, 0.3) is 11.3 Å². The summed E-state index contributed by atoms with van der Waals surface area (Å²) in [7, 11) is 0. The number of benzene rings is 2. The number of hydrogen-bond acceptors (Lipinski definition) is 4. The van der Waals surface area contributed by atoms with Gasteiger partial charge in [0.2, 0.25) is 0 Å². The van der Waals surface area contributed by atoms with Crippen LogP contribution in [-0.2, 0) is 6.42 Å². The van der Waals surface area contributed by atoms with E-state index in [-0.39, 0.29) is 11.5 Å². The van der Waals surface area contributed by atoms with Gasteiger partial charge in [-0.3, -0.25) is 0 Å². The van der Waals surface area contributed by atoms with E-state index in [9.17, 15) is 0 Å². The number of rotatable bonds is 8. The minimum Gasteiger partial charge on any atom is -0.490 e. The molecule has 0 aliphatic carbocycles. The Kier molecular flexibility index (Phi) is 6.64. The second-order valence-electron chi connectivity index (χ2n) is 6.31. The molecule has 0 radical (unpaired) electrons. The van der Waals surface area contributed by atoms with Gasteiger partial charge in [-0.1, -0.05) is 35.9 Å². The van der Waals surface area contributed by atoms with Crippen molar-refractivity contribution in [2.24, 2.45) is 0 Å². The molecule has 4 nitrogen and oxygen atoms in total. The zero-order valence-electron chi connectivity index (χ0n) is 15.2. The summed E-state index contributed by atoms with van der Waals surface area (Å²) in [5, 5.41) is 0.803. The molecule has 0 fully saturated rings. The van der Waals surface area contributed by atoms with Crippen LogP contribution in [-0.4, -0.2) is 17.7 Å². The molecule has 0 aliphatic heterocycles. The molecule has 27 heavy (non-hydrogen) atoms. The molecule has 0 bridgehead atoms. The van der Waals surface area contributed by atoms with Gasteiger partial charge in [0.15, 0.2) is 11.5 Å². The number of halogens is 2. The van der Waals surface area contributed by atoms with Gasteiger partial charge in [0.25, 0.3) is 5.35 Å². The maximum Gasteiger partial charge on any atom is 0.292 e. The van der Waals surface area contributed by atoms with Crippen molar-refractivity contribution in [2.45, 2.75) is 32.8 Å². The number of nitrogens with zero attached hydrogens (tertiary/aromatic N) is 1. The molecule has 0 N–H and O–H groups in total. The van der Waals surface area contributed by atoms with Gasteiger partial charge in [-0.25, -0.2) is 0 Å². The fourth-order valence-electron chi connectivity index (χ4n) is 2.66. The lowest BCUT2D eigenvalue weighted by Crippen LogP contribution is -2.08. The van der Waals surface area contributed by atoms with Crippen LogP contribution < -0.4 is 9.47 Å². The first-order valence-electron chi connectivity index (χ1n) is 8.82. The Morgan fingerprint density at radius 3 is 2.41 bits per heavy atom. The monoisotopic (exact) mass is 405 g/mol. The average molecular weight is 406 g/mol. The number of aromatic nitrogens is 1. The van der Waals surface area contributed by atoms with Crippen LogP contribution in [0.1, 0.15) is 26.0 Å². The highest BCUT2D eigenvalue weighted by molar-refractivity contribution is 6.30. The fourth-order valence-corrected chi connectivity index (χ4v) is 2.96. The molecule has 1 aromatic heterocycles. The molecule has 0 amide bonds. The molecule has 0 aliphatic rings. The molecule has 0 unspecified atom stereocenters. The summed E-state index contributed by atoms with van der Waals surface area (Å²) in [6, 6.07) is 15.1. The lowest BCUT2D eigenvalue weighted by Gasteiger charge is -2.14. The van der Waals surface area contributed by atoms with Crippen molar-refractivity contribution in [2.75, 3.05) is 6.61 Å².